The normalized spacial score (nSPS) is 15.4. The summed E-state index contributed by atoms with van der Waals surface area (Å²) in [7, 11) is 0. The van der Waals surface area contributed by atoms with Crippen molar-refractivity contribution in [2.24, 2.45) is 5.84 Å². The fourth-order valence-corrected chi connectivity index (χ4v) is 2.50. The smallest absolute Gasteiger partial charge is 0.301 e. The number of amides is 2. The molecule has 2 rings (SSSR count). The largest absolute Gasteiger partial charge is 0.454 e. The third kappa shape index (κ3) is 2.45. The Kier molecular flexibility index (Phi) is 3.39. The summed E-state index contributed by atoms with van der Waals surface area (Å²) in [5.74, 6) is 6.17. The maximum atomic E-state index is 11.4. The topological polar surface area (TPSA) is 88.6 Å². The lowest BCUT2D eigenvalue weighted by Gasteiger charge is -2.11. The summed E-state index contributed by atoms with van der Waals surface area (Å²) in [6, 6.07) is 1.75. The first-order valence-electron chi connectivity index (χ1n) is 5.13. The van der Waals surface area contributed by atoms with Gasteiger partial charge in [-0.25, -0.2) is 5.84 Å². The Balaban J connectivity index is 2.12. The van der Waals surface area contributed by atoms with Crippen molar-refractivity contribution in [3.05, 3.63) is 23.2 Å². The van der Waals surface area contributed by atoms with Crippen molar-refractivity contribution in [1.29, 1.82) is 0 Å². The second-order valence-corrected chi connectivity index (χ2v) is 4.78. The van der Waals surface area contributed by atoms with E-state index in [-0.39, 0.29) is 11.0 Å². The van der Waals surface area contributed by atoms with Crippen LogP contribution in [0.5, 0.6) is 0 Å². The molecule has 0 radical (unpaired) electrons. The highest BCUT2D eigenvalue weighted by Crippen LogP contribution is 2.22. The van der Waals surface area contributed by atoms with Crippen molar-refractivity contribution in [2.75, 3.05) is 12.3 Å². The van der Waals surface area contributed by atoms with E-state index in [1.807, 2.05) is 5.43 Å². The third-order valence-corrected chi connectivity index (χ3v) is 3.39. The van der Waals surface area contributed by atoms with Gasteiger partial charge >= 0.3 is 5.91 Å². The van der Waals surface area contributed by atoms with Gasteiger partial charge in [0.05, 0.1) is 6.54 Å². The summed E-state index contributed by atoms with van der Waals surface area (Å²) >= 11 is 1.29. The molecule has 0 aliphatic carbocycles. The quantitative estimate of drug-likeness (QED) is 0.475. The summed E-state index contributed by atoms with van der Waals surface area (Å²) in [6.07, 6.45) is 0. The lowest BCUT2D eigenvalue weighted by Crippen LogP contribution is -2.30. The highest BCUT2D eigenvalue weighted by atomic mass is 32.2. The molecular formula is C10H13N3O3S. The summed E-state index contributed by atoms with van der Waals surface area (Å²) < 4.78 is 5.38. The number of nitrogens with two attached hydrogens (primary N) is 1. The van der Waals surface area contributed by atoms with Gasteiger partial charge in [-0.15, -0.1) is 0 Å². The fraction of sp³-hybridized carbons (Fsp3) is 0.400. The van der Waals surface area contributed by atoms with Crippen molar-refractivity contribution in [3.63, 3.8) is 0 Å². The maximum Gasteiger partial charge on any atom is 0.301 e. The van der Waals surface area contributed by atoms with E-state index in [2.05, 4.69) is 0 Å². The van der Waals surface area contributed by atoms with E-state index in [9.17, 15) is 9.59 Å². The average molecular weight is 255 g/mol. The zero-order valence-electron chi connectivity index (χ0n) is 9.36. The van der Waals surface area contributed by atoms with Crippen molar-refractivity contribution in [3.8, 4) is 0 Å². The number of carbonyl (C=O) groups is 2. The van der Waals surface area contributed by atoms with E-state index < -0.39 is 5.91 Å². The third-order valence-electron chi connectivity index (χ3n) is 2.50. The molecule has 6 nitrogen and oxygen atoms in total. The molecule has 17 heavy (non-hydrogen) atoms. The molecule has 0 aromatic carbocycles. The van der Waals surface area contributed by atoms with Crippen LogP contribution in [0.1, 0.15) is 21.9 Å². The van der Waals surface area contributed by atoms with E-state index in [1.54, 1.807) is 17.9 Å². The molecule has 2 heterocycles. The highest BCUT2D eigenvalue weighted by Gasteiger charge is 2.23. The Morgan fingerprint density at radius 2 is 2.47 bits per heavy atom. The molecule has 1 saturated heterocycles. The van der Waals surface area contributed by atoms with Gasteiger partial charge in [0, 0.05) is 17.9 Å². The second kappa shape index (κ2) is 4.80. The van der Waals surface area contributed by atoms with E-state index >= 15 is 0 Å². The lowest BCUT2D eigenvalue weighted by atomic mass is 10.2. The first-order chi connectivity index (χ1) is 8.11. The monoisotopic (exact) mass is 255 g/mol. The summed E-state index contributed by atoms with van der Waals surface area (Å²) in [4.78, 5) is 24.4. The molecule has 1 fully saturated rings. The van der Waals surface area contributed by atoms with Gasteiger partial charge in [0.15, 0.2) is 5.76 Å². The molecule has 0 saturated carbocycles. The van der Waals surface area contributed by atoms with Gasteiger partial charge in [0.25, 0.3) is 5.24 Å². The summed E-state index contributed by atoms with van der Waals surface area (Å²) in [5, 5.41) is 0.0453. The summed E-state index contributed by atoms with van der Waals surface area (Å²) in [5.41, 5.74) is 2.73. The zero-order valence-corrected chi connectivity index (χ0v) is 10.2. The SMILES string of the molecule is Cc1cc(CN2CCSC2=O)oc1C(=O)NN. The Morgan fingerprint density at radius 1 is 1.71 bits per heavy atom. The number of thioether (sulfide) groups is 1. The minimum absolute atomic E-state index is 0.0453. The number of nitrogen functional groups attached to an aromatic ring is 1. The molecule has 0 unspecified atom stereocenters. The van der Waals surface area contributed by atoms with Crippen LogP contribution in [0.2, 0.25) is 0 Å². The highest BCUT2D eigenvalue weighted by molar-refractivity contribution is 8.13. The van der Waals surface area contributed by atoms with Gasteiger partial charge in [0.1, 0.15) is 5.76 Å². The molecule has 1 aliphatic rings. The van der Waals surface area contributed by atoms with Gasteiger partial charge in [-0.3, -0.25) is 15.0 Å². The first-order valence-corrected chi connectivity index (χ1v) is 6.12. The molecule has 2 amide bonds. The number of furan rings is 1. The number of carbonyl (C=O) groups excluding carboxylic acids is 2. The van der Waals surface area contributed by atoms with Gasteiger partial charge in [0.2, 0.25) is 0 Å². The van der Waals surface area contributed by atoms with Crippen molar-refractivity contribution in [2.45, 2.75) is 13.5 Å². The average Bonchev–Trinajstić information content (AvgIpc) is 2.86. The predicted molar refractivity (Wildman–Crippen MR) is 63.4 cm³/mol. The minimum atomic E-state index is -0.462. The van der Waals surface area contributed by atoms with Crippen LogP contribution in [-0.4, -0.2) is 28.3 Å². The van der Waals surface area contributed by atoms with Crippen LogP contribution < -0.4 is 11.3 Å². The van der Waals surface area contributed by atoms with Crippen LogP contribution in [0.3, 0.4) is 0 Å². The minimum Gasteiger partial charge on any atom is -0.454 e. The molecule has 1 aliphatic heterocycles. The maximum absolute atomic E-state index is 11.4. The Labute approximate surface area is 102 Å². The number of hydrazine groups is 1. The van der Waals surface area contributed by atoms with E-state index in [0.717, 1.165) is 5.75 Å². The van der Waals surface area contributed by atoms with E-state index in [0.29, 0.717) is 24.4 Å². The van der Waals surface area contributed by atoms with Gasteiger partial charge < -0.3 is 9.32 Å². The number of nitrogens with zero attached hydrogens (tertiary/aromatic N) is 1. The molecule has 3 N–H and O–H groups in total. The van der Waals surface area contributed by atoms with Crippen LogP contribution in [0.25, 0.3) is 0 Å². The lowest BCUT2D eigenvalue weighted by molar-refractivity contribution is 0.0922. The summed E-state index contributed by atoms with van der Waals surface area (Å²) in [6.45, 7) is 2.87. The molecule has 7 heteroatoms. The number of aryl methyl sites for hydroxylation is 1. The number of nitrogens with one attached hydrogen (secondary N) is 1. The Bertz CT molecular complexity index is 458. The Morgan fingerprint density at radius 3 is 3.06 bits per heavy atom. The van der Waals surface area contributed by atoms with Crippen LogP contribution >= 0.6 is 11.8 Å². The van der Waals surface area contributed by atoms with Gasteiger partial charge in [-0.2, -0.15) is 0 Å². The zero-order chi connectivity index (χ0) is 12.4. The molecule has 0 bridgehead atoms. The second-order valence-electron chi connectivity index (χ2n) is 3.73. The standard InChI is InChI=1S/C10H13N3O3S/c1-6-4-7(16-8(6)9(14)12-11)5-13-2-3-17-10(13)15/h4H,2-3,5,11H2,1H3,(H,12,14). The van der Waals surface area contributed by atoms with Crippen LogP contribution in [0.15, 0.2) is 10.5 Å². The van der Waals surface area contributed by atoms with Crippen LogP contribution in [0.4, 0.5) is 4.79 Å². The molecule has 92 valence electrons. The fourth-order valence-electron chi connectivity index (χ4n) is 1.67. The van der Waals surface area contributed by atoms with Crippen LogP contribution in [-0.2, 0) is 6.54 Å². The van der Waals surface area contributed by atoms with E-state index in [4.69, 9.17) is 10.3 Å². The van der Waals surface area contributed by atoms with Crippen molar-refractivity contribution in [1.82, 2.24) is 10.3 Å². The molecule has 0 spiro atoms. The molecule has 0 atom stereocenters. The molecule has 1 aromatic rings. The van der Waals surface area contributed by atoms with Gasteiger partial charge in [-0.1, -0.05) is 11.8 Å². The number of hydrogen-bond donors (Lipinski definition) is 2. The van der Waals surface area contributed by atoms with Crippen molar-refractivity contribution >= 4 is 22.9 Å². The van der Waals surface area contributed by atoms with Gasteiger partial charge in [-0.05, 0) is 13.0 Å². The Hall–Kier alpha value is -1.47. The number of hydrogen-bond acceptors (Lipinski definition) is 5. The predicted octanol–water partition coefficient (Wildman–Crippen LogP) is 0.860. The van der Waals surface area contributed by atoms with E-state index in [1.165, 1.54) is 11.8 Å². The first kappa shape index (κ1) is 12.0. The number of rotatable bonds is 3. The van der Waals surface area contributed by atoms with Crippen LogP contribution in [0, 0.1) is 6.92 Å². The van der Waals surface area contributed by atoms with Crippen molar-refractivity contribution < 1.29 is 14.0 Å². The molecule has 1 aromatic heterocycles. The molecular weight excluding hydrogens is 242 g/mol.